The molecule has 0 saturated carbocycles. The Kier molecular flexibility index (Phi) is 42.0. The fraction of sp³-hybridized carbons (Fsp3) is 0.800. The molecule has 2 aliphatic rings. The number of unbranched alkanes of at least 4 members (excludes halogenated alkanes) is 22. The first kappa shape index (κ1) is 68.3. The Bertz CT molecular complexity index is 1530. The van der Waals surface area contributed by atoms with E-state index in [0.29, 0.717) is 12.8 Å². The topological polar surface area (TPSA) is 231 Å². The summed E-state index contributed by atoms with van der Waals surface area (Å²) in [4.78, 5) is 25.9. The summed E-state index contributed by atoms with van der Waals surface area (Å²) in [7, 11) is 0. The second-order valence-corrected chi connectivity index (χ2v) is 20.4. The number of rotatable bonds is 46. The van der Waals surface area contributed by atoms with Gasteiger partial charge in [0.25, 0.3) is 0 Å². The zero-order chi connectivity index (χ0) is 54.6. The molecule has 0 aliphatic carbocycles. The standard InChI is InChI=1S/C60H104O15/c1-3-5-7-9-11-13-15-17-19-21-23-25-26-28-30-32-34-36-38-40-42-51(62)70-45-48(73-52(63)43-41-39-37-35-33-31-29-27-24-22-20-18-16-14-12-10-8-6-4-2)46-71-59-58(69)56(67)54(65)50(75-59)47-72-60-57(68)55(66)53(64)49(44-61)74-60/h6,8,12,14,18,20,24,27,31,33,48-50,53-61,64-69H,3-5,7,9-11,13,15-17,19,21-23,25-26,28-30,32,34-47H2,1-2H3/b8-6+,14-12+,20-18+,27-24+,33-31+/t48-,49+,50+,53-,54-,55?,56?,57?,58?,59+,60+/m0/s1. The van der Waals surface area contributed by atoms with Crippen molar-refractivity contribution in [3.05, 3.63) is 60.8 Å². The van der Waals surface area contributed by atoms with Gasteiger partial charge in [0.1, 0.15) is 55.4 Å². The quantitative estimate of drug-likeness (QED) is 0.0171. The summed E-state index contributed by atoms with van der Waals surface area (Å²) in [5, 5.41) is 72.3. The summed E-state index contributed by atoms with van der Waals surface area (Å²) in [5.74, 6) is -0.957. The van der Waals surface area contributed by atoms with Crippen LogP contribution in [0.4, 0.5) is 0 Å². The van der Waals surface area contributed by atoms with Crippen LogP contribution in [-0.2, 0) is 38.0 Å². The Morgan fingerprint density at radius 2 is 0.840 bits per heavy atom. The number of aliphatic hydroxyl groups is 7. The molecule has 4 unspecified atom stereocenters. The molecule has 2 heterocycles. The van der Waals surface area contributed by atoms with Crippen LogP contribution in [0.1, 0.15) is 213 Å². The molecule has 0 aromatic heterocycles. The molecule has 75 heavy (non-hydrogen) atoms. The largest absolute Gasteiger partial charge is 0.462 e. The van der Waals surface area contributed by atoms with E-state index in [1.165, 1.54) is 103 Å². The lowest BCUT2D eigenvalue weighted by Gasteiger charge is -2.42. The Balaban J connectivity index is 1.76. The van der Waals surface area contributed by atoms with E-state index >= 15 is 0 Å². The van der Waals surface area contributed by atoms with Gasteiger partial charge in [-0.3, -0.25) is 9.59 Å². The molecule has 2 fully saturated rings. The van der Waals surface area contributed by atoms with Gasteiger partial charge in [0.2, 0.25) is 0 Å². The molecule has 7 N–H and O–H groups in total. The fourth-order valence-corrected chi connectivity index (χ4v) is 9.01. The summed E-state index contributed by atoms with van der Waals surface area (Å²) in [6.07, 6.45) is 38.1. The van der Waals surface area contributed by atoms with Crippen molar-refractivity contribution in [2.24, 2.45) is 0 Å². The van der Waals surface area contributed by atoms with Crippen LogP contribution < -0.4 is 0 Å². The maximum absolute atomic E-state index is 13.1. The molecule has 0 amide bonds. The molecule has 0 radical (unpaired) electrons. The highest BCUT2D eigenvalue weighted by Gasteiger charge is 2.47. The maximum atomic E-state index is 13.1. The van der Waals surface area contributed by atoms with Gasteiger partial charge in [-0.05, 0) is 57.8 Å². The van der Waals surface area contributed by atoms with Crippen molar-refractivity contribution in [3.63, 3.8) is 0 Å². The number of carbonyl (C=O) groups excluding carboxylic acids is 2. The molecule has 2 rings (SSSR count). The normalized spacial score (nSPS) is 24.9. The number of aliphatic hydroxyl groups excluding tert-OH is 7. The van der Waals surface area contributed by atoms with Gasteiger partial charge in [0.05, 0.1) is 19.8 Å². The minimum absolute atomic E-state index is 0.125. The van der Waals surface area contributed by atoms with Crippen molar-refractivity contribution in [2.45, 2.75) is 280 Å². The van der Waals surface area contributed by atoms with Crippen molar-refractivity contribution >= 4 is 11.9 Å². The molecule has 2 saturated heterocycles. The van der Waals surface area contributed by atoms with Gasteiger partial charge in [-0.25, -0.2) is 0 Å². The summed E-state index contributed by atoms with van der Waals surface area (Å²) in [6, 6.07) is 0. The van der Waals surface area contributed by atoms with Crippen LogP contribution in [0.25, 0.3) is 0 Å². The first-order chi connectivity index (χ1) is 36.5. The molecule has 15 heteroatoms. The number of esters is 2. The monoisotopic (exact) mass is 1060 g/mol. The molecule has 15 nitrogen and oxygen atoms in total. The predicted molar refractivity (Wildman–Crippen MR) is 293 cm³/mol. The second-order valence-electron chi connectivity index (χ2n) is 20.4. The van der Waals surface area contributed by atoms with Crippen LogP contribution in [-0.4, -0.2) is 142 Å². The molecule has 0 spiro atoms. The zero-order valence-electron chi connectivity index (χ0n) is 46.3. The van der Waals surface area contributed by atoms with Crippen molar-refractivity contribution < 1.29 is 73.8 Å². The molecule has 2 aliphatic heterocycles. The Morgan fingerprint density at radius 3 is 1.32 bits per heavy atom. The first-order valence-corrected chi connectivity index (χ1v) is 29.4. The molecule has 0 aromatic carbocycles. The van der Waals surface area contributed by atoms with Crippen molar-refractivity contribution in [1.82, 2.24) is 0 Å². The van der Waals surface area contributed by atoms with Gasteiger partial charge < -0.3 is 64.2 Å². The van der Waals surface area contributed by atoms with E-state index in [1.807, 2.05) is 0 Å². The minimum atomic E-state index is -1.77. The van der Waals surface area contributed by atoms with E-state index in [0.717, 1.165) is 70.6 Å². The van der Waals surface area contributed by atoms with Gasteiger partial charge in [-0.15, -0.1) is 0 Å². The zero-order valence-corrected chi connectivity index (χ0v) is 46.3. The Labute approximate surface area is 451 Å². The molecular weight excluding hydrogens is 961 g/mol. The summed E-state index contributed by atoms with van der Waals surface area (Å²) in [6.45, 7) is 2.47. The number of carbonyl (C=O) groups is 2. The molecule has 11 atom stereocenters. The summed E-state index contributed by atoms with van der Waals surface area (Å²) < 4.78 is 33.7. The van der Waals surface area contributed by atoms with Gasteiger partial charge in [-0.2, -0.15) is 0 Å². The van der Waals surface area contributed by atoms with Crippen LogP contribution in [0.5, 0.6) is 0 Å². The van der Waals surface area contributed by atoms with Crippen LogP contribution in [0, 0.1) is 0 Å². The third-order valence-corrected chi connectivity index (χ3v) is 13.8. The number of allylic oxidation sites excluding steroid dienone is 10. The van der Waals surface area contributed by atoms with Crippen molar-refractivity contribution in [3.8, 4) is 0 Å². The second kappa shape index (κ2) is 46.1. The van der Waals surface area contributed by atoms with E-state index < -0.39 is 99.3 Å². The van der Waals surface area contributed by atoms with E-state index in [-0.39, 0.29) is 19.4 Å². The van der Waals surface area contributed by atoms with Crippen LogP contribution in [0.2, 0.25) is 0 Å². The van der Waals surface area contributed by atoms with Crippen LogP contribution in [0.3, 0.4) is 0 Å². The van der Waals surface area contributed by atoms with Gasteiger partial charge in [-0.1, -0.05) is 203 Å². The first-order valence-electron chi connectivity index (χ1n) is 29.4. The fourth-order valence-electron chi connectivity index (χ4n) is 9.01. The smallest absolute Gasteiger partial charge is 0.306 e. The van der Waals surface area contributed by atoms with Crippen LogP contribution >= 0.6 is 0 Å². The van der Waals surface area contributed by atoms with E-state index in [4.69, 9.17) is 28.4 Å². The molecule has 0 bridgehead atoms. The minimum Gasteiger partial charge on any atom is -0.462 e. The SMILES string of the molecule is CC/C=C/C/C=C/C/C=C/C/C=C/C/C=C/CCCCCC(=O)O[C@@H](COC(=O)CCCCCCCCCCCCCCCCCCCCCC)CO[C@@H]1O[C@H](CO[C@@H]2O[C@H](CO)[C@H](O)C(O)C2O)[C@H](O)C(O)C1O. The highest BCUT2D eigenvalue weighted by molar-refractivity contribution is 5.70. The van der Waals surface area contributed by atoms with Crippen LogP contribution in [0.15, 0.2) is 60.8 Å². The number of hydrogen-bond acceptors (Lipinski definition) is 15. The lowest BCUT2D eigenvalue weighted by molar-refractivity contribution is -0.332. The summed E-state index contributed by atoms with van der Waals surface area (Å²) in [5.41, 5.74) is 0. The number of ether oxygens (including phenoxy) is 6. The van der Waals surface area contributed by atoms with Gasteiger partial charge in [0, 0.05) is 12.8 Å². The van der Waals surface area contributed by atoms with E-state index in [2.05, 4.69) is 74.6 Å². The summed E-state index contributed by atoms with van der Waals surface area (Å²) >= 11 is 0. The Morgan fingerprint density at radius 1 is 0.440 bits per heavy atom. The van der Waals surface area contributed by atoms with Gasteiger partial charge in [0.15, 0.2) is 18.7 Å². The third-order valence-electron chi connectivity index (χ3n) is 13.8. The van der Waals surface area contributed by atoms with Crippen molar-refractivity contribution in [2.75, 3.05) is 26.4 Å². The average Bonchev–Trinajstić information content (AvgIpc) is 3.40. The highest BCUT2D eigenvalue weighted by atomic mass is 16.7. The average molecular weight is 1070 g/mol. The lowest BCUT2D eigenvalue weighted by atomic mass is 9.98. The predicted octanol–water partition coefficient (Wildman–Crippen LogP) is 10.00. The van der Waals surface area contributed by atoms with Crippen molar-refractivity contribution in [1.29, 1.82) is 0 Å². The van der Waals surface area contributed by atoms with Gasteiger partial charge >= 0.3 is 11.9 Å². The number of hydrogen-bond donors (Lipinski definition) is 7. The van der Waals surface area contributed by atoms with E-state index in [9.17, 15) is 45.3 Å². The molecule has 0 aromatic rings. The highest BCUT2D eigenvalue weighted by Crippen LogP contribution is 2.27. The Hall–Kier alpha value is -2.80. The van der Waals surface area contributed by atoms with E-state index in [1.54, 1.807) is 0 Å². The third kappa shape index (κ3) is 33.3. The maximum Gasteiger partial charge on any atom is 0.306 e. The molecular formula is C60H104O15. The lowest BCUT2D eigenvalue weighted by Crippen LogP contribution is -2.61. The molecule has 434 valence electrons.